The second-order valence-electron chi connectivity index (χ2n) is 5.32. The molecular weight excluding hydrogens is 234 g/mol. The Morgan fingerprint density at radius 2 is 2.00 bits per heavy atom. The van der Waals surface area contributed by atoms with Crippen LogP contribution in [-0.2, 0) is 6.42 Å². The minimum Gasteiger partial charge on any atom is -0.237 e. The van der Waals surface area contributed by atoms with Gasteiger partial charge in [-0.3, -0.25) is 0 Å². The van der Waals surface area contributed by atoms with Crippen LogP contribution in [0.2, 0.25) is 0 Å². The van der Waals surface area contributed by atoms with Gasteiger partial charge in [-0.25, -0.2) is 4.68 Å². The van der Waals surface area contributed by atoms with Crippen molar-refractivity contribution in [2.75, 3.05) is 0 Å². The summed E-state index contributed by atoms with van der Waals surface area (Å²) in [6.45, 7) is 4.23. The lowest BCUT2D eigenvalue weighted by Gasteiger charge is -2.12. The molecule has 0 bridgehead atoms. The zero-order valence-electron chi connectivity index (χ0n) is 11.3. The van der Waals surface area contributed by atoms with Crippen molar-refractivity contribution in [3.8, 4) is 11.8 Å². The molecule has 1 aliphatic rings. The molecule has 0 saturated heterocycles. The van der Waals surface area contributed by atoms with E-state index in [2.05, 4.69) is 54.0 Å². The van der Waals surface area contributed by atoms with Gasteiger partial charge in [-0.2, -0.15) is 10.4 Å². The van der Waals surface area contributed by atoms with Crippen molar-refractivity contribution in [1.29, 1.82) is 5.26 Å². The molecule has 0 unspecified atom stereocenters. The third-order valence-corrected chi connectivity index (χ3v) is 3.69. The number of aromatic nitrogens is 2. The topological polar surface area (TPSA) is 41.6 Å². The average molecular weight is 251 g/mol. The molecule has 1 aliphatic carbocycles. The summed E-state index contributed by atoms with van der Waals surface area (Å²) in [4.78, 5) is 0. The minimum absolute atomic E-state index is 0.387. The normalized spacial score (nSPS) is 14.4. The molecule has 1 saturated carbocycles. The molecule has 1 heterocycles. The summed E-state index contributed by atoms with van der Waals surface area (Å²) < 4.78 is 2.06. The lowest BCUT2D eigenvalue weighted by atomic mass is 10.1. The van der Waals surface area contributed by atoms with Gasteiger partial charge in [0.2, 0.25) is 0 Å². The van der Waals surface area contributed by atoms with Gasteiger partial charge in [0, 0.05) is 11.6 Å². The molecule has 19 heavy (non-hydrogen) atoms. The Labute approximate surface area is 113 Å². The van der Waals surface area contributed by atoms with Crippen LogP contribution in [0.4, 0.5) is 0 Å². The second kappa shape index (κ2) is 4.55. The number of hydrogen-bond donors (Lipinski definition) is 0. The molecule has 0 spiro atoms. The number of aryl methyl sites for hydroxylation is 2. The average Bonchev–Trinajstić information content (AvgIpc) is 3.13. The molecule has 96 valence electrons. The van der Waals surface area contributed by atoms with Crippen LogP contribution >= 0.6 is 0 Å². The van der Waals surface area contributed by atoms with Gasteiger partial charge in [-0.05, 0) is 43.9 Å². The largest absolute Gasteiger partial charge is 0.237 e. The Hall–Kier alpha value is -2.08. The molecule has 0 N–H and O–H groups in total. The Bertz CT molecular complexity index is 637. The van der Waals surface area contributed by atoms with Crippen molar-refractivity contribution in [1.82, 2.24) is 9.78 Å². The molecule has 0 amide bonds. The first-order chi connectivity index (χ1) is 9.20. The van der Waals surface area contributed by atoms with E-state index in [1.165, 1.54) is 35.3 Å². The van der Waals surface area contributed by atoms with Crippen molar-refractivity contribution in [3.05, 3.63) is 46.8 Å². The Kier molecular flexibility index (Phi) is 2.87. The Morgan fingerprint density at radius 3 is 2.58 bits per heavy atom. The van der Waals surface area contributed by atoms with Gasteiger partial charge in [-0.1, -0.05) is 18.2 Å². The van der Waals surface area contributed by atoms with Gasteiger partial charge in [-0.15, -0.1) is 0 Å². The monoisotopic (exact) mass is 251 g/mol. The standard InChI is InChI=1S/C16H17N3/c1-11-4-3-5-12(2)16(11)19-15(13-6-7-13)10-14(18-19)8-9-17/h3-5,10,13H,6-8H2,1-2H3. The van der Waals surface area contributed by atoms with Gasteiger partial charge in [0.05, 0.1) is 23.9 Å². The zero-order valence-corrected chi connectivity index (χ0v) is 11.3. The van der Waals surface area contributed by atoms with Gasteiger partial charge < -0.3 is 0 Å². The molecule has 3 heteroatoms. The number of nitriles is 1. The predicted octanol–water partition coefficient (Wildman–Crippen LogP) is 3.43. The van der Waals surface area contributed by atoms with E-state index < -0.39 is 0 Å². The first-order valence-electron chi connectivity index (χ1n) is 6.73. The summed E-state index contributed by atoms with van der Waals surface area (Å²) >= 11 is 0. The molecule has 1 aromatic heterocycles. The second-order valence-corrected chi connectivity index (χ2v) is 5.32. The van der Waals surface area contributed by atoms with Crippen LogP contribution in [0.25, 0.3) is 5.69 Å². The van der Waals surface area contributed by atoms with Crippen molar-refractivity contribution in [2.24, 2.45) is 0 Å². The SMILES string of the molecule is Cc1cccc(C)c1-n1nc(CC#N)cc1C1CC1. The number of benzene rings is 1. The highest BCUT2D eigenvalue weighted by Crippen LogP contribution is 2.41. The summed E-state index contributed by atoms with van der Waals surface area (Å²) in [5.74, 6) is 0.624. The van der Waals surface area contributed by atoms with Crippen LogP contribution in [0.1, 0.15) is 41.3 Å². The van der Waals surface area contributed by atoms with E-state index in [1.54, 1.807) is 0 Å². The van der Waals surface area contributed by atoms with Gasteiger partial charge >= 0.3 is 0 Å². The van der Waals surface area contributed by atoms with E-state index in [0.29, 0.717) is 12.3 Å². The fourth-order valence-corrected chi connectivity index (χ4v) is 2.60. The van der Waals surface area contributed by atoms with E-state index in [4.69, 9.17) is 5.26 Å². The molecule has 3 rings (SSSR count). The summed E-state index contributed by atoms with van der Waals surface area (Å²) in [6.07, 6.45) is 2.86. The molecule has 0 aliphatic heterocycles. The van der Waals surface area contributed by atoms with Gasteiger partial charge in [0.1, 0.15) is 0 Å². The first-order valence-corrected chi connectivity index (χ1v) is 6.73. The van der Waals surface area contributed by atoms with Crippen LogP contribution in [0.5, 0.6) is 0 Å². The third-order valence-electron chi connectivity index (χ3n) is 3.69. The quantitative estimate of drug-likeness (QED) is 0.838. The molecule has 3 nitrogen and oxygen atoms in total. The number of rotatable bonds is 3. The Morgan fingerprint density at radius 1 is 1.32 bits per heavy atom. The molecule has 1 fully saturated rings. The van der Waals surface area contributed by atoms with Crippen LogP contribution in [0.3, 0.4) is 0 Å². The number of hydrogen-bond acceptors (Lipinski definition) is 2. The van der Waals surface area contributed by atoms with Crippen molar-refractivity contribution >= 4 is 0 Å². The molecular formula is C16H17N3. The summed E-state index contributed by atoms with van der Waals surface area (Å²) in [7, 11) is 0. The maximum atomic E-state index is 8.85. The summed E-state index contributed by atoms with van der Waals surface area (Å²) in [5.41, 5.74) is 5.78. The highest BCUT2D eigenvalue weighted by Gasteiger charge is 2.29. The van der Waals surface area contributed by atoms with Crippen molar-refractivity contribution in [3.63, 3.8) is 0 Å². The molecule has 2 aromatic rings. The Balaban J connectivity index is 2.16. The van der Waals surface area contributed by atoms with E-state index in [0.717, 1.165) is 5.69 Å². The summed E-state index contributed by atoms with van der Waals surface area (Å²) in [6, 6.07) is 10.6. The lowest BCUT2D eigenvalue weighted by molar-refractivity contribution is 0.785. The predicted molar refractivity (Wildman–Crippen MR) is 74.3 cm³/mol. The van der Waals surface area contributed by atoms with Crippen molar-refractivity contribution in [2.45, 2.75) is 39.0 Å². The maximum absolute atomic E-state index is 8.85. The van der Waals surface area contributed by atoms with Crippen LogP contribution in [0.15, 0.2) is 24.3 Å². The van der Waals surface area contributed by atoms with Gasteiger partial charge in [0.25, 0.3) is 0 Å². The maximum Gasteiger partial charge on any atom is 0.0793 e. The van der Waals surface area contributed by atoms with E-state index in [1.807, 2.05) is 0 Å². The number of nitrogens with zero attached hydrogens (tertiary/aromatic N) is 3. The van der Waals surface area contributed by atoms with E-state index in [9.17, 15) is 0 Å². The zero-order chi connectivity index (χ0) is 13.4. The smallest absolute Gasteiger partial charge is 0.0793 e. The molecule has 0 radical (unpaired) electrons. The highest BCUT2D eigenvalue weighted by molar-refractivity contribution is 5.48. The fraction of sp³-hybridized carbons (Fsp3) is 0.375. The first kappa shape index (κ1) is 12.0. The summed E-state index contributed by atoms with van der Waals surface area (Å²) in [5, 5.41) is 13.5. The molecule has 1 aromatic carbocycles. The highest BCUT2D eigenvalue weighted by atomic mass is 15.3. The van der Waals surface area contributed by atoms with Crippen LogP contribution in [0, 0.1) is 25.2 Å². The molecule has 0 atom stereocenters. The van der Waals surface area contributed by atoms with Crippen LogP contribution in [-0.4, -0.2) is 9.78 Å². The van der Waals surface area contributed by atoms with Gasteiger partial charge in [0.15, 0.2) is 0 Å². The fourth-order valence-electron chi connectivity index (χ4n) is 2.60. The van der Waals surface area contributed by atoms with Crippen molar-refractivity contribution < 1.29 is 0 Å². The third kappa shape index (κ3) is 2.15. The number of para-hydroxylation sites is 1. The van der Waals surface area contributed by atoms with E-state index >= 15 is 0 Å². The lowest BCUT2D eigenvalue weighted by Crippen LogP contribution is -2.05. The minimum atomic E-state index is 0.387. The van der Waals surface area contributed by atoms with E-state index in [-0.39, 0.29) is 0 Å². The van der Waals surface area contributed by atoms with Crippen LogP contribution < -0.4 is 0 Å².